The first-order valence-electron chi connectivity index (χ1n) is 8.10. The fourth-order valence-corrected chi connectivity index (χ4v) is 3.13. The van der Waals surface area contributed by atoms with Gasteiger partial charge in [0.1, 0.15) is 11.5 Å². The molecule has 3 N–H and O–H groups in total. The first-order chi connectivity index (χ1) is 13.7. The first-order valence-corrected chi connectivity index (χ1v) is 10.1. The van der Waals surface area contributed by atoms with E-state index in [-0.39, 0.29) is 18.3 Å². The number of benzene rings is 2. The Bertz CT molecular complexity index is 930. The second-order valence-electron chi connectivity index (χ2n) is 5.61. The molecule has 29 heavy (non-hydrogen) atoms. The fraction of sp³-hybridized carbons (Fsp3) is 0.167. The molecule has 2 aromatic carbocycles. The molecule has 2 amide bonds. The van der Waals surface area contributed by atoms with E-state index in [1.165, 1.54) is 0 Å². The molecule has 0 aliphatic rings. The van der Waals surface area contributed by atoms with Crippen LogP contribution in [0.15, 0.2) is 40.9 Å². The number of carbonyl (C=O) groups excluding carboxylic acids is 2. The molecule has 0 bridgehead atoms. The molecule has 0 radical (unpaired) electrons. The Morgan fingerprint density at radius 1 is 1.00 bits per heavy atom. The van der Waals surface area contributed by atoms with Crippen LogP contribution in [0.2, 0.25) is 10.0 Å². The fourth-order valence-electron chi connectivity index (χ4n) is 2.01. The van der Waals surface area contributed by atoms with Crippen molar-refractivity contribution in [3.05, 3.63) is 56.5 Å². The van der Waals surface area contributed by atoms with Crippen molar-refractivity contribution in [1.29, 1.82) is 0 Å². The predicted octanol–water partition coefficient (Wildman–Crippen LogP) is 3.54. The molecule has 7 nitrogen and oxygen atoms in total. The highest BCUT2D eigenvalue weighted by molar-refractivity contribution is 9.10. The van der Waals surface area contributed by atoms with Gasteiger partial charge < -0.3 is 9.47 Å². The molecule has 11 heteroatoms. The maximum Gasteiger partial charge on any atom is 0.276 e. The van der Waals surface area contributed by atoms with Gasteiger partial charge in [0.2, 0.25) is 0 Å². The molecule has 0 fully saturated rings. The number of nitrogens with one attached hydrogen (secondary N) is 3. The monoisotopic (exact) mass is 519 g/mol. The molecule has 0 aliphatic carbocycles. The second kappa shape index (κ2) is 11.2. The molecular weight excluding hydrogens is 505 g/mol. The van der Waals surface area contributed by atoms with Gasteiger partial charge in [-0.05, 0) is 61.1 Å². The highest BCUT2D eigenvalue weighted by Crippen LogP contribution is 2.27. The average Bonchev–Trinajstić information content (AvgIpc) is 2.65. The first kappa shape index (κ1) is 23.2. The molecule has 0 spiro atoms. The summed E-state index contributed by atoms with van der Waals surface area (Å²) in [6.07, 6.45) is 0. The Morgan fingerprint density at radius 2 is 1.66 bits per heavy atom. The third-order valence-electron chi connectivity index (χ3n) is 3.32. The maximum atomic E-state index is 11.9. The van der Waals surface area contributed by atoms with Crippen molar-refractivity contribution in [3.8, 4) is 11.5 Å². The lowest BCUT2D eigenvalue weighted by Gasteiger charge is -2.13. The van der Waals surface area contributed by atoms with Crippen LogP contribution in [-0.4, -0.2) is 30.1 Å². The van der Waals surface area contributed by atoms with E-state index in [2.05, 4.69) is 32.1 Å². The van der Waals surface area contributed by atoms with Gasteiger partial charge in [-0.1, -0.05) is 39.1 Å². The average molecular weight is 521 g/mol. The smallest absolute Gasteiger partial charge is 0.276 e. The number of hydrazine groups is 1. The van der Waals surface area contributed by atoms with E-state index in [9.17, 15) is 9.59 Å². The van der Waals surface area contributed by atoms with Gasteiger partial charge in [-0.15, -0.1) is 0 Å². The number of hydrogen-bond acceptors (Lipinski definition) is 5. The van der Waals surface area contributed by atoms with E-state index >= 15 is 0 Å². The predicted molar refractivity (Wildman–Crippen MR) is 118 cm³/mol. The number of carbonyl (C=O) groups is 2. The number of halogens is 3. The van der Waals surface area contributed by atoms with Crippen molar-refractivity contribution in [3.63, 3.8) is 0 Å². The van der Waals surface area contributed by atoms with Crippen molar-refractivity contribution in [1.82, 2.24) is 16.2 Å². The zero-order valence-electron chi connectivity index (χ0n) is 15.1. The lowest BCUT2D eigenvalue weighted by molar-refractivity contribution is -0.124. The van der Waals surface area contributed by atoms with Crippen molar-refractivity contribution in [2.24, 2.45) is 0 Å². The maximum absolute atomic E-state index is 11.9. The van der Waals surface area contributed by atoms with Crippen LogP contribution >= 0.6 is 51.3 Å². The van der Waals surface area contributed by atoms with Crippen molar-refractivity contribution in [2.45, 2.75) is 6.92 Å². The topological polar surface area (TPSA) is 88.7 Å². The number of thiocarbonyl (C=S) groups is 1. The van der Waals surface area contributed by atoms with Gasteiger partial charge in [-0.3, -0.25) is 25.8 Å². The van der Waals surface area contributed by atoms with Crippen LogP contribution in [-0.2, 0) is 9.59 Å². The minimum Gasteiger partial charge on any atom is -0.483 e. The summed E-state index contributed by atoms with van der Waals surface area (Å²) in [5.74, 6) is -0.131. The molecule has 154 valence electrons. The quantitative estimate of drug-likeness (QED) is 0.399. The lowest BCUT2D eigenvalue weighted by atomic mass is 10.2. The molecule has 0 saturated carbocycles. The number of rotatable bonds is 6. The molecule has 0 aromatic heterocycles. The molecule has 2 aromatic rings. The van der Waals surface area contributed by atoms with Crippen molar-refractivity contribution >= 4 is 68.3 Å². The Labute approximate surface area is 191 Å². The van der Waals surface area contributed by atoms with E-state index in [0.717, 1.165) is 10.0 Å². The molecule has 2 rings (SSSR count). The minimum absolute atomic E-state index is 0.100. The zero-order chi connectivity index (χ0) is 21.4. The Kier molecular flexibility index (Phi) is 8.97. The van der Waals surface area contributed by atoms with E-state index in [1.807, 2.05) is 6.92 Å². The Morgan fingerprint density at radius 3 is 2.34 bits per heavy atom. The molecular formula is C18H16BrCl2N3O4S. The number of hydrogen-bond donors (Lipinski definition) is 3. The Hall–Kier alpha value is -2.07. The summed E-state index contributed by atoms with van der Waals surface area (Å²) in [5, 5.41) is 3.19. The van der Waals surface area contributed by atoms with E-state index in [0.29, 0.717) is 21.5 Å². The summed E-state index contributed by atoms with van der Waals surface area (Å²) < 4.78 is 11.5. The SMILES string of the molecule is Cc1cc(Cl)ccc1OCC(=O)NNC(=S)NC(=O)COc1ccc(Br)cc1Cl. The highest BCUT2D eigenvalue weighted by Gasteiger charge is 2.10. The minimum atomic E-state index is -0.524. The van der Waals surface area contributed by atoms with Crippen LogP contribution in [0.5, 0.6) is 11.5 Å². The van der Waals surface area contributed by atoms with Crippen LogP contribution in [0.4, 0.5) is 0 Å². The van der Waals surface area contributed by atoms with Crippen molar-refractivity contribution < 1.29 is 19.1 Å². The lowest BCUT2D eigenvalue weighted by Crippen LogP contribution is -2.50. The second-order valence-corrected chi connectivity index (χ2v) is 7.78. The standard InChI is InChI=1S/C18H16BrCl2N3O4S/c1-10-6-12(20)3-5-14(10)27-9-17(26)23-24-18(29)22-16(25)8-28-15-4-2-11(19)7-13(15)21/h2-7H,8-9H2,1H3,(H,23,26)(H2,22,24,25,29). The Balaban J connectivity index is 1.68. The van der Waals surface area contributed by atoms with Gasteiger partial charge in [0, 0.05) is 9.50 Å². The van der Waals surface area contributed by atoms with Crippen LogP contribution in [0.3, 0.4) is 0 Å². The van der Waals surface area contributed by atoms with Gasteiger partial charge in [-0.25, -0.2) is 0 Å². The summed E-state index contributed by atoms with van der Waals surface area (Å²) >= 11 is 20.1. The molecule has 0 aliphatic heterocycles. The van der Waals surface area contributed by atoms with Gasteiger partial charge in [-0.2, -0.15) is 0 Å². The largest absolute Gasteiger partial charge is 0.483 e. The van der Waals surface area contributed by atoms with Gasteiger partial charge >= 0.3 is 0 Å². The molecule has 0 saturated heterocycles. The van der Waals surface area contributed by atoms with Gasteiger partial charge in [0.15, 0.2) is 18.3 Å². The zero-order valence-corrected chi connectivity index (χ0v) is 19.0. The van der Waals surface area contributed by atoms with Crippen LogP contribution in [0, 0.1) is 6.92 Å². The molecule has 0 heterocycles. The summed E-state index contributed by atoms with van der Waals surface area (Å²) in [6.45, 7) is 1.25. The summed E-state index contributed by atoms with van der Waals surface area (Å²) in [4.78, 5) is 23.7. The van der Waals surface area contributed by atoms with Gasteiger partial charge in [0.05, 0.1) is 5.02 Å². The van der Waals surface area contributed by atoms with E-state index in [4.69, 9.17) is 44.9 Å². The number of aryl methyl sites for hydroxylation is 1. The molecule has 0 unspecified atom stereocenters. The van der Waals surface area contributed by atoms with Gasteiger partial charge in [0.25, 0.3) is 11.8 Å². The normalized spacial score (nSPS) is 10.1. The van der Waals surface area contributed by atoms with Crippen molar-refractivity contribution in [2.75, 3.05) is 13.2 Å². The van der Waals surface area contributed by atoms with Crippen LogP contribution < -0.4 is 25.6 Å². The third-order valence-corrected chi connectivity index (χ3v) is 4.54. The summed E-state index contributed by atoms with van der Waals surface area (Å²) in [7, 11) is 0. The van der Waals surface area contributed by atoms with E-state index < -0.39 is 11.8 Å². The van der Waals surface area contributed by atoms with Crippen LogP contribution in [0.25, 0.3) is 0 Å². The number of amides is 2. The highest BCUT2D eigenvalue weighted by atomic mass is 79.9. The van der Waals surface area contributed by atoms with Crippen LogP contribution in [0.1, 0.15) is 5.56 Å². The molecule has 0 atom stereocenters. The summed E-state index contributed by atoms with van der Waals surface area (Å²) in [5.41, 5.74) is 5.51. The summed E-state index contributed by atoms with van der Waals surface area (Å²) in [6, 6.07) is 10.0. The third kappa shape index (κ3) is 8.06. The van der Waals surface area contributed by atoms with E-state index in [1.54, 1.807) is 36.4 Å². The number of ether oxygens (including phenoxy) is 2.